The number of fused-ring (bicyclic) bond motifs is 1. The van der Waals surface area contributed by atoms with Crippen LogP contribution in [0.2, 0.25) is 0 Å². The van der Waals surface area contributed by atoms with Gasteiger partial charge in [-0.05, 0) is 122 Å². The summed E-state index contributed by atoms with van der Waals surface area (Å²) < 4.78 is 22.4. The van der Waals surface area contributed by atoms with Crippen molar-refractivity contribution in [3.05, 3.63) is 96.1 Å². The lowest BCUT2D eigenvalue weighted by molar-refractivity contribution is -0.143. The van der Waals surface area contributed by atoms with Crippen LogP contribution in [-0.4, -0.2) is 37.2 Å². The van der Waals surface area contributed by atoms with Gasteiger partial charge in [0.1, 0.15) is 11.5 Å². The van der Waals surface area contributed by atoms with E-state index in [2.05, 4.69) is 6.92 Å². The molecule has 260 valence electrons. The fraction of sp³-hybridized carbons (Fsp3) is 0.405. The molecule has 7 nitrogen and oxygen atoms in total. The quantitative estimate of drug-likeness (QED) is 0.0527. The minimum atomic E-state index is -0.444. The van der Waals surface area contributed by atoms with E-state index in [-0.39, 0.29) is 18.0 Å². The molecule has 0 bridgehead atoms. The molecule has 0 unspecified atom stereocenters. The highest BCUT2D eigenvalue weighted by molar-refractivity contribution is 5.96. The molecule has 0 saturated heterocycles. The Bertz CT molecular complexity index is 1630. The van der Waals surface area contributed by atoms with Gasteiger partial charge < -0.3 is 18.9 Å². The van der Waals surface area contributed by atoms with Crippen molar-refractivity contribution in [3.8, 4) is 22.6 Å². The minimum absolute atomic E-state index is 0.111. The van der Waals surface area contributed by atoms with Crippen molar-refractivity contribution in [1.29, 1.82) is 0 Å². The van der Waals surface area contributed by atoms with E-state index in [0.29, 0.717) is 36.5 Å². The van der Waals surface area contributed by atoms with Crippen molar-refractivity contribution in [3.63, 3.8) is 0 Å². The van der Waals surface area contributed by atoms with Gasteiger partial charge in [0.2, 0.25) is 0 Å². The van der Waals surface area contributed by atoms with E-state index in [9.17, 15) is 14.4 Å². The molecule has 0 aliphatic carbocycles. The zero-order valence-corrected chi connectivity index (χ0v) is 29.2. The van der Waals surface area contributed by atoms with Gasteiger partial charge in [0.15, 0.2) is 0 Å². The number of rotatable bonds is 20. The Hall–Kier alpha value is -4.65. The van der Waals surface area contributed by atoms with Crippen molar-refractivity contribution in [2.24, 2.45) is 0 Å². The Morgan fingerprint density at radius 2 is 1.20 bits per heavy atom. The largest absolute Gasteiger partial charge is 0.494 e. The lowest BCUT2D eigenvalue weighted by Crippen LogP contribution is -2.15. The fourth-order valence-electron chi connectivity index (χ4n) is 5.50. The molecule has 0 radical (unpaired) electrons. The van der Waals surface area contributed by atoms with Gasteiger partial charge in [0.05, 0.1) is 30.4 Å². The van der Waals surface area contributed by atoms with Crippen LogP contribution in [0, 0.1) is 0 Å². The molecule has 1 atom stereocenters. The topological polar surface area (TPSA) is 88.1 Å². The van der Waals surface area contributed by atoms with Crippen molar-refractivity contribution in [1.82, 2.24) is 0 Å². The first-order valence-electron chi connectivity index (χ1n) is 17.8. The van der Waals surface area contributed by atoms with Crippen molar-refractivity contribution in [2.45, 2.75) is 97.5 Å². The lowest BCUT2D eigenvalue weighted by Gasteiger charge is -2.13. The van der Waals surface area contributed by atoms with Crippen LogP contribution < -0.4 is 9.47 Å². The molecule has 0 aromatic heterocycles. The molecule has 0 spiro atoms. The molecule has 7 heteroatoms. The van der Waals surface area contributed by atoms with Gasteiger partial charge in [-0.3, -0.25) is 4.79 Å². The summed E-state index contributed by atoms with van der Waals surface area (Å²) in [6, 6.07) is 26.0. The highest BCUT2D eigenvalue weighted by atomic mass is 16.5. The summed E-state index contributed by atoms with van der Waals surface area (Å²) >= 11 is 0. The van der Waals surface area contributed by atoms with Crippen LogP contribution in [0.15, 0.2) is 84.9 Å². The van der Waals surface area contributed by atoms with E-state index in [0.717, 1.165) is 79.0 Å². The third-order valence-corrected chi connectivity index (χ3v) is 8.36. The Balaban J connectivity index is 1.21. The summed E-state index contributed by atoms with van der Waals surface area (Å²) in [5.74, 6) is 0.365. The maximum atomic E-state index is 12.9. The summed E-state index contributed by atoms with van der Waals surface area (Å²) in [5.41, 5.74) is 2.95. The van der Waals surface area contributed by atoms with E-state index in [1.54, 1.807) is 30.3 Å². The fourth-order valence-corrected chi connectivity index (χ4v) is 5.50. The molecule has 0 aliphatic rings. The van der Waals surface area contributed by atoms with Gasteiger partial charge in [-0.1, -0.05) is 69.5 Å². The number of hydrogen-bond donors (Lipinski definition) is 0. The standard InChI is InChI=1S/C42H50O7/c1-4-6-7-10-14-31(3)48-42(45)37-20-19-36-30-39(26-23-35(36)29-37)49-41(44)34-17-15-32(16-18-34)33-21-24-38(25-22-33)46-27-11-8-9-12-28-47-40(43)13-5-2/h15-26,29-31H,4-14,27-28H2,1-3H3/t31-/m0/s1. The Labute approximate surface area is 290 Å². The number of benzene rings is 4. The molecule has 4 aromatic rings. The first kappa shape index (κ1) is 37.2. The smallest absolute Gasteiger partial charge is 0.343 e. The van der Waals surface area contributed by atoms with Crippen LogP contribution in [0.3, 0.4) is 0 Å². The van der Waals surface area contributed by atoms with Crippen LogP contribution in [0.5, 0.6) is 11.5 Å². The first-order valence-corrected chi connectivity index (χ1v) is 17.8. The molecule has 49 heavy (non-hydrogen) atoms. The number of carbonyl (C=O) groups excluding carboxylic acids is 3. The van der Waals surface area contributed by atoms with Crippen LogP contribution in [0.1, 0.15) is 112 Å². The summed E-state index contributed by atoms with van der Waals surface area (Å²) in [6.07, 6.45) is 10.5. The van der Waals surface area contributed by atoms with Gasteiger partial charge in [-0.2, -0.15) is 0 Å². The number of ether oxygens (including phenoxy) is 4. The maximum absolute atomic E-state index is 12.9. The van der Waals surface area contributed by atoms with E-state index < -0.39 is 5.97 Å². The maximum Gasteiger partial charge on any atom is 0.343 e. The SMILES string of the molecule is CCCCCC[C@H](C)OC(=O)c1ccc2cc(OC(=O)c3ccc(-c4ccc(OCCCCCCOC(=O)CCC)cc4)cc3)ccc2c1. The summed E-state index contributed by atoms with van der Waals surface area (Å²) in [6.45, 7) is 7.22. The van der Waals surface area contributed by atoms with Crippen LogP contribution >= 0.6 is 0 Å². The molecular formula is C42H50O7. The molecule has 0 fully saturated rings. The van der Waals surface area contributed by atoms with E-state index in [4.69, 9.17) is 18.9 Å². The van der Waals surface area contributed by atoms with Gasteiger partial charge in [-0.15, -0.1) is 0 Å². The Morgan fingerprint density at radius 1 is 0.592 bits per heavy atom. The number of unbranched alkanes of at least 4 members (excludes halogenated alkanes) is 6. The summed E-state index contributed by atoms with van der Waals surface area (Å²) in [4.78, 5) is 37.0. The highest BCUT2D eigenvalue weighted by Crippen LogP contribution is 2.26. The third-order valence-electron chi connectivity index (χ3n) is 8.36. The zero-order valence-electron chi connectivity index (χ0n) is 29.2. The Morgan fingerprint density at radius 3 is 1.92 bits per heavy atom. The number of esters is 3. The predicted molar refractivity (Wildman–Crippen MR) is 194 cm³/mol. The van der Waals surface area contributed by atoms with Crippen molar-refractivity contribution < 1.29 is 33.3 Å². The predicted octanol–water partition coefficient (Wildman–Crippen LogP) is 10.5. The molecule has 0 heterocycles. The van der Waals surface area contributed by atoms with E-state index in [1.165, 1.54) is 12.8 Å². The number of carbonyl (C=O) groups is 3. The molecule has 4 rings (SSSR count). The van der Waals surface area contributed by atoms with Crippen LogP contribution in [0.25, 0.3) is 21.9 Å². The molecule has 0 aliphatic heterocycles. The Kier molecular flexibility index (Phi) is 15.2. The third kappa shape index (κ3) is 12.4. The second-order valence-electron chi connectivity index (χ2n) is 12.5. The summed E-state index contributed by atoms with van der Waals surface area (Å²) in [7, 11) is 0. The van der Waals surface area contributed by atoms with E-state index in [1.807, 2.05) is 68.4 Å². The molecule has 0 amide bonds. The van der Waals surface area contributed by atoms with Crippen molar-refractivity contribution >= 4 is 28.7 Å². The molecule has 0 saturated carbocycles. The van der Waals surface area contributed by atoms with Crippen molar-refractivity contribution in [2.75, 3.05) is 13.2 Å². The van der Waals surface area contributed by atoms with E-state index >= 15 is 0 Å². The monoisotopic (exact) mass is 666 g/mol. The average Bonchev–Trinajstić information content (AvgIpc) is 3.11. The second kappa shape index (κ2) is 20.0. The number of hydrogen-bond acceptors (Lipinski definition) is 7. The molecule has 0 N–H and O–H groups in total. The first-order chi connectivity index (χ1) is 23.9. The zero-order chi connectivity index (χ0) is 34.8. The average molecular weight is 667 g/mol. The molecule has 4 aromatic carbocycles. The minimum Gasteiger partial charge on any atom is -0.494 e. The lowest BCUT2D eigenvalue weighted by atomic mass is 10.0. The normalized spacial score (nSPS) is 11.6. The van der Waals surface area contributed by atoms with Gasteiger partial charge >= 0.3 is 17.9 Å². The van der Waals surface area contributed by atoms with Crippen LogP contribution in [0.4, 0.5) is 0 Å². The van der Waals surface area contributed by atoms with Gasteiger partial charge in [-0.25, -0.2) is 9.59 Å². The van der Waals surface area contributed by atoms with Crippen LogP contribution in [-0.2, 0) is 14.3 Å². The second-order valence-corrected chi connectivity index (χ2v) is 12.5. The van der Waals surface area contributed by atoms with Gasteiger partial charge in [0.25, 0.3) is 0 Å². The summed E-state index contributed by atoms with van der Waals surface area (Å²) in [5, 5.41) is 1.73. The molecular weight excluding hydrogens is 616 g/mol. The highest BCUT2D eigenvalue weighted by Gasteiger charge is 2.14. The van der Waals surface area contributed by atoms with Gasteiger partial charge in [0, 0.05) is 6.42 Å².